The first-order valence-electron chi connectivity index (χ1n) is 10.1. The third-order valence-electron chi connectivity index (χ3n) is 5.96. The Kier molecular flexibility index (Phi) is 4.52. The van der Waals surface area contributed by atoms with Crippen molar-refractivity contribution in [2.24, 2.45) is 0 Å². The van der Waals surface area contributed by atoms with Crippen molar-refractivity contribution in [3.8, 4) is 6.07 Å². The van der Waals surface area contributed by atoms with Gasteiger partial charge in [-0.15, -0.1) is 10.2 Å². The molecule has 3 aromatic rings. The van der Waals surface area contributed by atoms with E-state index >= 15 is 0 Å². The zero-order valence-corrected chi connectivity index (χ0v) is 16.3. The van der Waals surface area contributed by atoms with E-state index in [2.05, 4.69) is 42.0 Å². The first-order valence-corrected chi connectivity index (χ1v) is 10.1. The molecule has 0 radical (unpaired) electrons. The summed E-state index contributed by atoms with van der Waals surface area (Å²) in [6, 6.07) is 7.50. The molecule has 2 aliphatic heterocycles. The summed E-state index contributed by atoms with van der Waals surface area (Å²) < 4.78 is 1.88. The average Bonchev–Trinajstić information content (AvgIpc) is 3.39. The standard InChI is InChI=1S/C19H24N10/c1-12-7-17(26-25-12)23-16-10-18-27-21-11-29(18)19(24-16)22-13-8-14-3-4-15(9-13)28(14)6-2-5-20/h7,10-11,13-15H,2-4,6,8-9H2,1H3,(H,22,24)(H2,23,25,26). The van der Waals surface area contributed by atoms with E-state index in [1.54, 1.807) is 6.33 Å². The Morgan fingerprint density at radius 1 is 1.24 bits per heavy atom. The molecule has 0 amide bonds. The maximum absolute atomic E-state index is 8.93. The molecule has 2 fully saturated rings. The van der Waals surface area contributed by atoms with Gasteiger partial charge in [0.2, 0.25) is 5.95 Å². The topological polar surface area (TPSA) is 123 Å². The number of H-pyrrole nitrogens is 1. The number of nitrogens with one attached hydrogen (secondary N) is 3. The molecule has 2 saturated heterocycles. The zero-order valence-electron chi connectivity index (χ0n) is 16.3. The molecule has 10 heteroatoms. The van der Waals surface area contributed by atoms with Crippen LogP contribution < -0.4 is 10.6 Å². The van der Waals surface area contributed by atoms with Crippen molar-refractivity contribution in [3.05, 3.63) is 24.2 Å². The van der Waals surface area contributed by atoms with Gasteiger partial charge >= 0.3 is 0 Å². The highest BCUT2D eigenvalue weighted by Gasteiger charge is 2.40. The minimum Gasteiger partial charge on any atom is -0.352 e. The Bertz CT molecular complexity index is 1030. The second kappa shape index (κ2) is 7.33. The molecular formula is C19H24N10. The van der Waals surface area contributed by atoms with E-state index in [1.807, 2.05) is 23.5 Å². The number of rotatable bonds is 6. The molecule has 3 aromatic heterocycles. The van der Waals surface area contributed by atoms with Crippen LogP contribution in [0.25, 0.3) is 5.65 Å². The van der Waals surface area contributed by atoms with Gasteiger partial charge < -0.3 is 10.6 Å². The number of fused-ring (bicyclic) bond motifs is 3. The van der Waals surface area contributed by atoms with Crippen LogP contribution in [0.4, 0.5) is 17.6 Å². The van der Waals surface area contributed by atoms with Gasteiger partial charge in [-0.1, -0.05) is 0 Å². The average molecular weight is 392 g/mol. The number of anilines is 3. The van der Waals surface area contributed by atoms with Crippen LogP contribution in [0.2, 0.25) is 0 Å². The zero-order chi connectivity index (χ0) is 19.8. The van der Waals surface area contributed by atoms with Crippen LogP contribution >= 0.6 is 0 Å². The van der Waals surface area contributed by atoms with Gasteiger partial charge in [0, 0.05) is 48.9 Å². The first-order chi connectivity index (χ1) is 14.2. The second-order valence-electron chi connectivity index (χ2n) is 7.93. The number of piperidine rings is 1. The summed E-state index contributed by atoms with van der Waals surface area (Å²) in [4.78, 5) is 7.29. The van der Waals surface area contributed by atoms with Gasteiger partial charge in [-0.2, -0.15) is 15.3 Å². The second-order valence-corrected chi connectivity index (χ2v) is 7.93. The van der Waals surface area contributed by atoms with Crippen LogP contribution in [0.1, 0.15) is 37.8 Å². The van der Waals surface area contributed by atoms with Crippen LogP contribution in [0.3, 0.4) is 0 Å². The van der Waals surface area contributed by atoms with Crippen molar-refractivity contribution in [3.63, 3.8) is 0 Å². The lowest BCUT2D eigenvalue weighted by atomic mass is 9.97. The van der Waals surface area contributed by atoms with E-state index in [1.165, 1.54) is 12.8 Å². The minimum atomic E-state index is 0.340. The summed E-state index contributed by atoms with van der Waals surface area (Å²) in [6.45, 7) is 2.84. The molecule has 0 aliphatic carbocycles. The lowest BCUT2D eigenvalue weighted by Gasteiger charge is -2.39. The van der Waals surface area contributed by atoms with E-state index < -0.39 is 0 Å². The van der Waals surface area contributed by atoms with E-state index in [0.29, 0.717) is 36.2 Å². The van der Waals surface area contributed by atoms with Gasteiger partial charge in [-0.25, -0.2) is 0 Å². The third-order valence-corrected chi connectivity index (χ3v) is 5.96. The predicted octanol–water partition coefficient (Wildman–Crippen LogP) is 2.22. The van der Waals surface area contributed by atoms with Crippen molar-refractivity contribution >= 4 is 23.2 Å². The summed E-state index contributed by atoms with van der Waals surface area (Å²) in [5, 5.41) is 31.2. The van der Waals surface area contributed by atoms with Gasteiger partial charge in [0.05, 0.1) is 6.07 Å². The Balaban J connectivity index is 1.35. The fraction of sp³-hybridized carbons (Fsp3) is 0.526. The molecule has 0 saturated carbocycles. The van der Waals surface area contributed by atoms with Gasteiger partial charge in [-0.05, 0) is 32.6 Å². The lowest BCUT2D eigenvalue weighted by molar-refractivity contribution is 0.135. The number of nitrogens with zero attached hydrogens (tertiary/aromatic N) is 7. The Morgan fingerprint density at radius 2 is 2.07 bits per heavy atom. The molecule has 2 atom stereocenters. The molecule has 150 valence electrons. The van der Waals surface area contributed by atoms with Crippen LogP contribution in [0, 0.1) is 18.3 Å². The highest BCUT2D eigenvalue weighted by Crippen LogP contribution is 2.36. The van der Waals surface area contributed by atoms with Crippen molar-refractivity contribution in [2.45, 2.75) is 57.2 Å². The highest BCUT2D eigenvalue weighted by molar-refractivity contribution is 5.60. The number of aryl methyl sites for hydroxylation is 1. The van der Waals surface area contributed by atoms with E-state index in [4.69, 9.17) is 10.2 Å². The summed E-state index contributed by atoms with van der Waals surface area (Å²) in [5.41, 5.74) is 1.71. The largest absolute Gasteiger partial charge is 0.352 e. The Hall–Kier alpha value is -3.19. The SMILES string of the molecule is Cc1cc(Nc2cc3nncn3c(NC3CC4CCC(C3)N4CCC#N)n2)n[nH]1. The van der Waals surface area contributed by atoms with Crippen molar-refractivity contribution in [1.29, 1.82) is 5.26 Å². The van der Waals surface area contributed by atoms with Crippen molar-refractivity contribution in [2.75, 3.05) is 17.2 Å². The van der Waals surface area contributed by atoms with E-state index in [-0.39, 0.29) is 0 Å². The van der Waals surface area contributed by atoms with Crippen LogP contribution in [-0.2, 0) is 0 Å². The third kappa shape index (κ3) is 3.49. The first kappa shape index (κ1) is 17.9. The number of aromatic amines is 1. The van der Waals surface area contributed by atoms with Crippen LogP contribution in [0.5, 0.6) is 0 Å². The molecule has 10 nitrogen and oxygen atoms in total. The fourth-order valence-electron chi connectivity index (χ4n) is 4.73. The smallest absolute Gasteiger partial charge is 0.212 e. The predicted molar refractivity (Wildman–Crippen MR) is 108 cm³/mol. The van der Waals surface area contributed by atoms with E-state index in [9.17, 15) is 0 Å². The quantitative estimate of drug-likeness (QED) is 0.583. The summed E-state index contributed by atoms with van der Waals surface area (Å²) in [6.07, 6.45) is 6.83. The summed E-state index contributed by atoms with van der Waals surface area (Å²) in [7, 11) is 0. The monoisotopic (exact) mass is 392 g/mol. The molecule has 0 aromatic carbocycles. The fourth-order valence-corrected chi connectivity index (χ4v) is 4.73. The number of nitriles is 1. The minimum absolute atomic E-state index is 0.340. The van der Waals surface area contributed by atoms with Gasteiger partial charge in [-0.3, -0.25) is 14.4 Å². The van der Waals surface area contributed by atoms with E-state index in [0.717, 1.165) is 36.7 Å². The van der Waals surface area contributed by atoms with Gasteiger partial charge in [0.25, 0.3) is 0 Å². The summed E-state index contributed by atoms with van der Waals surface area (Å²) in [5.74, 6) is 2.12. The Labute approximate surface area is 168 Å². The normalized spacial score (nSPS) is 23.9. The molecule has 2 aliphatic rings. The molecule has 3 N–H and O–H groups in total. The summed E-state index contributed by atoms with van der Waals surface area (Å²) >= 11 is 0. The molecule has 2 unspecified atom stereocenters. The highest BCUT2D eigenvalue weighted by atomic mass is 15.3. The van der Waals surface area contributed by atoms with Crippen molar-refractivity contribution in [1.82, 2.24) is 34.7 Å². The van der Waals surface area contributed by atoms with Crippen LogP contribution in [-0.4, -0.2) is 59.3 Å². The maximum Gasteiger partial charge on any atom is 0.212 e. The molecule has 5 heterocycles. The molecule has 0 spiro atoms. The number of hydrogen-bond acceptors (Lipinski definition) is 8. The van der Waals surface area contributed by atoms with Gasteiger partial charge in [0.1, 0.15) is 12.1 Å². The number of aromatic nitrogens is 6. The molecule has 29 heavy (non-hydrogen) atoms. The maximum atomic E-state index is 8.93. The molecule has 5 rings (SSSR count). The van der Waals surface area contributed by atoms with Gasteiger partial charge in [0.15, 0.2) is 11.5 Å². The van der Waals surface area contributed by atoms with Crippen molar-refractivity contribution < 1.29 is 0 Å². The van der Waals surface area contributed by atoms with Crippen LogP contribution in [0.15, 0.2) is 18.5 Å². The molecular weight excluding hydrogens is 368 g/mol. The Morgan fingerprint density at radius 3 is 2.79 bits per heavy atom. The molecule has 2 bridgehead atoms. The lowest BCUT2D eigenvalue weighted by Crippen LogP contribution is -2.47. The number of hydrogen-bond donors (Lipinski definition) is 3.